The lowest BCUT2D eigenvalue weighted by molar-refractivity contribution is 0.317. The average molecular weight is 208 g/mol. The predicted octanol–water partition coefficient (Wildman–Crippen LogP) is 3.79. The fourth-order valence-electron chi connectivity index (χ4n) is 1.31. The van der Waals surface area contributed by atoms with Crippen LogP contribution in [0.4, 0.5) is 0 Å². The van der Waals surface area contributed by atoms with Crippen LogP contribution in [0.1, 0.15) is 6.42 Å². The van der Waals surface area contributed by atoms with Gasteiger partial charge >= 0.3 is 0 Å². The van der Waals surface area contributed by atoms with Crippen molar-refractivity contribution in [3.63, 3.8) is 0 Å². The van der Waals surface area contributed by atoms with Crippen LogP contribution in [0, 0.1) is 0 Å². The molecule has 0 amide bonds. The van der Waals surface area contributed by atoms with Crippen molar-refractivity contribution < 1.29 is 4.74 Å². The van der Waals surface area contributed by atoms with E-state index in [-0.39, 0.29) is 0 Å². The molecule has 14 heavy (non-hydrogen) atoms. The number of para-hydroxylation sites is 1. The first-order valence-corrected chi connectivity index (χ1v) is 8.96. The van der Waals surface area contributed by atoms with Gasteiger partial charge in [0, 0.05) is 8.07 Å². The summed E-state index contributed by atoms with van der Waals surface area (Å²) in [7, 11) is -0.875. The third-order valence-electron chi connectivity index (χ3n) is 2.08. The lowest BCUT2D eigenvalue weighted by Gasteiger charge is -2.15. The van der Waals surface area contributed by atoms with E-state index in [2.05, 4.69) is 19.6 Å². The SMILES string of the molecule is C[Si](C)(C)CCCOc1ccccc1. The summed E-state index contributed by atoms with van der Waals surface area (Å²) in [6, 6.07) is 11.4. The van der Waals surface area contributed by atoms with Crippen LogP contribution in [0.3, 0.4) is 0 Å². The van der Waals surface area contributed by atoms with Crippen LogP contribution in [0.2, 0.25) is 25.7 Å². The first kappa shape index (κ1) is 11.3. The monoisotopic (exact) mass is 208 g/mol. The topological polar surface area (TPSA) is 9.23 Å². The molecule has 2 heteroatoms. The van der Waals surface area contributed by atoms with E-state index in [1.807, 2.05) is 30.3 Å². The van der Waals surface area contributed by atoms with Crippen molar-refractivity contribution in [3.05, 3.63) is 30.3 Å². The molecule has 0 unspecified atom stereocenters. The molecule has 78 valence electrons. The fraction of sp³-hybridized carbons (Fsp3) is 0.500. The third kappa shape index (κ3) is 5.07. The molecule has 0 N–H and O–H groups in total. The van der Waals surface area contributed by atoms with E-state index in [4.69, 9.17) is 4.74 Å². The number of rotatable bonds is 5. The molecule has 0 aliphatic rings. The number of ether oxygens (including phenoxy) is 1. The van der Waals surface area contributed by atoms with Crippen LogP contribution >= 0.6 is 0 Å². The summed E-state index contributed by atoms with van der Waals surface area (Å²) in [6.07, 6.45) is 1.19. The summed E-state index contributed by atoms with van der Waals surface area (Å²) in [4.78, 5) is 0. The summed E-state index contributed by atoms with van der Waals surface area (Å²) in [6.45, 7) is 8.05. The van der Waals surface area contributed by atoms with Gasteiger partial charge in [-0.2, -0.15) is 0 Å². The smallest absolute Gasteiger partial charge is 0.119 e. The van der Waals surface area contributed by atoms with Gasteiger partial charge in [-0.1, -0.05) is 43.9 Å². The molecular weight excluding hydrogens is 188 g/mol. The Kier molecular flexibility index (Phi) is 4.20. The van der Waals surface area contributed by atoms with E-state index in [9.17, 15) is 0 Å². The predicted molar refractivity (Wildman–Crippen MR) is 64.7 cm³/mol. The van der Waals surface area contributed by atoms with Gasteiger partial charge in [0.25, 0.3) is 0 Å². The fourth-order valence-corrected chi connectivity index (χ4v) is 2.51. The quantitative estimate of drug-likeness (QED) is 0.528. The van der Waals surface area contributed by atoms with Gasteiger partial charge in [-0.3, -0.25) is 0 Å². The van der Waals surface area contributed by atoms with E-state index in [1.165, 1.54) is 12.5 Å². The third-order valence-corrected chi connectivity index (χ3v) is 3.94. The molecule has 0 saturated carbocycles. The van der Waals surface area contributed by atoms with E-state index >= 15 is 0 Å². The maximum Gasteiger partial charge on any atom is 0.119 e. The van der Waals surface area contributed by atoms with E-state index in [1.54, 1.807) is 0 Å². The van der Waals surface area contributed by atoms with Crippen molar-refractivity contribution in [2.24, 2.45) is 0 Å². The standard InChI is InChI=1S/C12H20OSi/c1-14(2,3)11-7-10-13-12-8-5-4-6-9-12/h4-6,8-9H,7,10-11H2,1-3H3. The van der Waals surface area contributed by atoms with Crippen molar-refractivity contribution in [1.82, 2.24) is 0 Å². The molecule has 1 aromatic carbocycles. The molecule has 0 bridgehead atoms. The summed E-state index contributed by atoms with van der Waals surface area (Å²) < 4.78 is 5.62. The van der Waals surface area contributed by atoms with Gasteiger partial charge in [-0.25, -0.2) is 0 Å². The minimum atomic E-state index is -0.875. The molecular formula is C12H20OSi. The van der Waals surface area contributed by atoms with Gasteiger partial charge in [-0.05, 0) is 18.6 Å². The molecule has 0 spiro atoms. The number of benzene rings is 1. The average Bonchev–Trinajstić information content (AvgIpc) is 2.13. The van der Waals surface area contributed by atoms with Gasteiger partial charge in [0.1, 0.15) is 5.75 Å². The second-order valence-corrected chi connectivity index (χ2v) is 10.4. The molecule has 0 saturated heterocycles. The highest BCUT2D eigenvalue weighted by Crippen LogP contribution is 2.13. The Morgan fingerprint density at radius 2 is 1.71 bits per heavy atom. The summed E-state index contributed by atoms with van der Waals surface area (Å²) in [5.41, 5.74) is 0. The highest BCUT2D eigenvalue weighted by atomic mass is 28.3. The van der Waals surface area contributed by atoms with E-state index in [0.29, 0.717) is 0 Å². The van der Waals surface area contributed by atoms with Gasteiger partial charge in [0.2, 0.25) is 0 Å². The summed E-state index contributed by atoms with van der Waals surface area (Å²) in [5.74, 6) is 0.989. The minimum absolute atomic E-state index is 0.855. The van der Waals surface area contributed by atoms with Crippen LogP contribution in [0.25, 0.3) is 0 Å². The van der Waals surface area contributed by atoms with Gasteiger partial charge < -0.3 is 4.74 Å². The van der Waals surface area contributed by atoms with Gasteiger partial charge in [0.15, 0.2) is 0 Å². The summed E-state index contributed by atoms with van der Waals surface area (Å²) >= 11 is 0. The van der Waals surface area contributed by atoms with Gasteiger partial charge in [0.05, 0.1) is 6.61 Å². The largest absolute Gasteiger partial charge is 0.494 e. The molecule has 1 aromatic rings. The Balaban J connectivity index is 2.17. The Bertz CT molecular complexity index is 251. The molecule has 1 rings (SSSR count). The molecule has 0 aliphatic heterocycles. The van der Waals surface area contributed by atoms with Crippen LogP contribution in [0.5, 0.6) is 5.75 Å². The second-order valence-electron chi connectivity index (χ2n) is 4.83. The molecule has 0 atom stereocenters. The minimum Gasteiger partial charge on any atom is -0.494 e. The molecule has 0 radical (unpaired) electrons. The molecule has 0 heterocycles. The number of hydrogen-bond acceptors (Lipinski definition) is 1. The lowest BCUT2D eigenvalue weighted by Crippen LogP contribution is -2.19. The van der Waals surface area contributed by atoms with Crippen LogP contribution in [-0.4, -0.2) is 14.7 Å². The van der Waals surface area contributed by atoms with Crippen molar-refractivity contribution in [3.8, 4) is 5.75 Å². The van der Waals surface area contributed by atoms with Crippen LogP contribution < -0.4 is 4.74 Å². The maximum absolute atomic E-state index is 5.62. The Morgan fingerprint density at radius 1 is 1.07 bits per heavy atom. The Morgan fingerprint density at radius 3 is 2.29 bits per heavy atom. The zero-order chi connectivity index (χ0) is 10.4. The molecule has 0 fully saturated rings. The van der Waals surface area contributed by atoms with Crippen molar-refractivity contribution >= 4 is 8.07 Å². The first-order chi connectivity index (χ1) is 6.58. The number of hydrogen-bond donors (Lipinski definition) is 0. The van der Waals surface area contributed by atoms with Crippen molar-refractivity contribution in [1.29, 1.82) is 0 Å². The molecule has 0 aromatic heterocycles. The molecule has 1 nitrogen and oxygen atoms in total. The Labute approximate surface area is 88.1 Å². The zero-order valence-electron chi connectivity index (χ0n) is 9.42. The first-order valence-electron chi connectivity index (χ1n) is 5.26. The normalized spacial score (nSPS) is 11.4. The van der Waals surface area contributed by atoms with Gasteiger partial charge in [-0.15, -0.1) is 0 Å². The second kappa shape index (κ2) is 5.20. The van der Waals surface area contributed by atoms with Crippen LogP contribution in [-0.2, 0) is 0 Å². The van der Waals surface area contributed by atoms with Crippen molar-refractivity contribution in [2.45, 2.75) is 32.1 Å². The highest BCUT2D eigenvalue weighted by molar-refractivity contribution is 6.76. The van der Waals surface area contributed by atoms with Crippen LogP contribution in [0.15, 0.2) is 30.3 Å². The van der Waals surface area contributed by atoms with E-state index in [0.717, 1.165) is 12.4 Å². The summed E-state index contributed by atoms with van der Waals surface area (Å²) in [5, 5.41) is 0. The molecule has 0 aliphatic carbocycles. The Hall–Kier alpha value is -0.763. The maximum atomic E-state index is 5.62. The van der Waals surface area contributed by atoms with Crippen molar-refractivity contribution in [2.75, 3.05) is 6.61 Å². The van der Waals surface area contributed by atoms with E-state index < -0.39 is 8.07 Å². The highest BCUT2D eigenvalue weighted by Gasteiger charge is 2.11. The lowest BCUT2D eigenvalue weighted by atomic mass is 10.3. The zero-order valence-corrected chi connectivity index (χ0v) is 10.4.